The average molecular weight is 413 g/mol. The molecule has 6 nitrogen and oxygen atoms in total. The van der Waals surface area contributed by atoms with Gasteiger partial charge in [0.05, 0.1) is 6.61 Å². The molecular weight excluding hydrogens is 395 g/mol. The van der Waals surface area contributed by atoms with Gasteiger partial charge < -0.3 is 14.5 Å². The van der Waals surface area contributed by atoms with Gasteiger partial charge >= 0.3 is 12.3 Å². The van der Waals surface area contributed by atoms with Crippen LogP contribution in [0.5, 0.6) is 0 Å². The lowest BCUT2D eigenvalue weighted by Crippen LogP contribution is -2.50. The molecule has 150 valence electrons. The summed E-state index contributed by atoms with van der Waals surface area (Å²) in [6.45, 7) is 2.59. The van der Waals surface area contributed by atoms with Crippen molar-refractivity contribution in [3.8, 4) is 10.6 Å². The maximum atomic E-state index is 13.5. The van der Waals surface area contributed by atoms with Gasteiger partial charge in [0.15, 0.2) is 5.69 Å². The Labute approximate surface area is 163 Å². The topological polar surface area (TPSA) is 62.7 Å². The number of halogens is 3. The maximum absolute atomic E-state index is 13.5. The largest absolute Gasteiger partial charge is 0.450 e. The van der Waals surface area contributed by atoms with E-state index in [1.165, 1.54) is 9.80 Å². The summed E-state index contributed by atoms with van der Waals surface area (Å²) in [7, 11) is 0. The second-order valence-corrected chi connectivity index (χ2v) is 7.04. The van der Waals surface area contributed by atoms with E-state index in [-0.39, 0.29) is 37.8 Å². The van der Waals surface area contributed by atoms with Gasteiger partial charge in [-0.3, -0.25) is 4.79 Å². The number of carbonyl (C=O) groups is 2. The molecule has 10 heteroatoms. The summed E-state index contributed by atoms with van der Waals surface area (Å²) >= 11 is 0.729. The van der Waals surface area contributed by atoms with Crippen molar-refractivity contribution in [3.63, 3.8) is 0 Å². The van der Waals surface area contributed by atoms with Crippen molar-refractivity contribution in [1.82, 2.24) is 14.8 Å². The number of nitrogens with zero attached hydrogens (tertiary/aromatic N) is 3. The van der Waals surface area contributed by atoms with Gasteiger partial charge in [0, 0.05) is 31.7 Å². The molecule has 3 rings (SSSR count). The van der Waals surface area contributed by atoms with Crippen LogP contribution in [-0.2, 0) is 10.9 Å². The first-order valence-corrected chi connectivity index (χ1v) is 9.47. The van der Waals surface area contributed by atoms with Crippen molar-refractivity contribution >= 4 is 23.3 Å². The Balaban J connectivity index is 1.82. The number of rotatable bonds is 3. The summed E-state index contributed by atoms with van der Waals surface area (Å²) in [6.07, 6.45) is -5.23. The van der Waals surface area contributed by atoms with Gasteiger partial charge in [-0.1, -0.05) is 30.3 Å². The molecule has 1 aliphatic heterocycles. The van der Waals surface area contributed by atoms with Crippen LogP contribution in [0, 0.1) is 0 Å². The normalized spacial score (nSPS) is 14.9. The molecule has 0 spiro atoms. The predicted molar refractivity (Wildman–Crippen MR) is 97.1 cm³/mol. The van der Waals surface area contributed by atoms with Gasteiger partial charge in [0.25, 0.3) is 5.91 Å². The van der Waals surface area contributed by atoms with Gasteiger partial charge in [-0.05, 0) is 6.92 Å². The van der Waals surface area contributed by atoms with Crippen LogP contribution in [-0.4, -0.2) is 59.6 Å². The monoisotopic (exact) mass is 413 g/mol. The number of hydrogen-bond acceptors (Lipinski definition) is 5. The number of piperazine rings is 1. The number of alkyl halides is 3. The van der Waals surface area contributed by atoms with Gasteiger partial charge in [-0.2, -0.15) is 13.2 Å². The van der Waals surface area contributed by atoms with Crippen molar-refractivity contribution in [2.45, 2.75) is 13.1 Å². The quantitative estimate of drug-likeness (QED) is 0.769. The van der Waals surface area contributed by atoms with Crippen molar-refractivity contribution in [1.29, 1.82) is 0 Å². The van der Waals surface area contributed by atoms with Gasteiger partial charge in [0.2, 0.25) is 0 Å². The molecule has 1 fully saturated rings. The van der Waals surface area contributed by atoms with E-state index in [4.69, 9.17) is 4.74 Å². The van der Waals surface area contributed by atoms with Crippen LogP contribution in [0.15, 0.2) is 30.3 Å². The number of carbonyl (C=O) groups excluding carboxylic acids is 2. The number of thiazole rings is 1. The number of aromatic nitrogens is 1. The molecule has 1 saturated heterocycles. The molecule has 2 aromatic rings. The number of hydrogen-bond donors (Lipinski definition) is 0. The Hall–Kier alpha value is -2.62. The van der Waals surface area contributed by atoms with E-state index in [9.17, 15) is 22.8 Å². The predicted octanol–water partition coefficient (Wildman–Crippen LogP) is 3.74. The number of ether oxygens (including phenoxy) is 1. The fourth-order valence-corrected chi connectivity index (χ4v) is 3.87. The van der Waals surface area contributed by atoms with Crippen LogP contribution in [0.4, 0.5) is 18.0 Å². The minimum atomic E-state index is -4.73. The Morgan fingerprint density at radius 3 is 2.29 bits per heavy atom. The van der Waals surface area contributed by atoms with Crippen LogP contribution in [0.3, 0.4) is 0 Å². The minimum absolute atomic E-state index is 0.132. The van der Waals surface area contributed by atoms with Crippen LogP contribution in [0.1, 0.15) is 22.3 Å². The first kappa shape index (κ1) is 20.1. The highest BCUT2D eigenvalue weighted by atomic mass is 32.1. The first-order chi connectivity index (χ1) is 13.3. The van der Waals surface area contributed by atoms with Crippen LogP contribution >= 0.6 is 11.3 Å². The van der Waals surface area contributed by atoms with Gasteiger partial charge in [-0.25, -0.2) is 9.78 Å². The zero-order valence-electron chi connectivity index (χ0n) is 15.0. The highest BCUT2D eigenvalue weighted by Crippen LogP contribution is 2.38. The summed E-state index contributed by atoms with van der Waals surface area (Å²) in [4.78, 5) is 30.5. The van der Waals surface area contributed by atoms with Crippen molar-refractivity contribution < 1.29 is 27.5 Å². The minimum Gasteiger partial charge on any atom is -0.450 e. The Bertz CT molecular complexity index is 847. The second kappa shape index (κ2) is 8.17. The van der Waals surface area contributed by atoms with E-state index < -0.39 is 28.7 Å². The fourth-order valence-electron chi connectivity index (χ4n) is 2.81. The highest BCUT2D eigenvalue weighted by molar-refractivity contribution is 7.17. The van der Waals surface area contributed by atoms with Gasteiger partial charge in [-0.15, -0.1) is 11.3 Å². The van der Waals surface area contributed by atoms with Crippen LogP contribution in [0.25, 0.3) is 10.6 Å². The second-order valence-electron chi connectivity index (χ2n) is 6.04. The molecule has 0 N–H and O–H groups in total. The van der Waals surface area contributed by atoms with E-state index in [0.717, 1.165) is 11.3 Å². The molecule has 0 bridgehead atoms. The molecule has 0 atom stereocenters. The summed E-state index contributed by atoms with van der Waals surface area (Å²) in [5, 5.41) is 0.140. The third kappa shape index (κ3) is 4.27. The molecule has 0 aliphatic carbocycles. The Morgan fingerprint density at radius 2 is 1.71 bits per heavy atom. The summed E-state index contributed by atoms with van der Waals surface area (Å²) < 4.78 is 45.3. The van der Waals surface area contributed by atoms with Crippen LogP contribution in [0.2, 0.25) is 0 Å². The Morgan fingerprint density at radius 1 is 1.11 bits per heavy atom. The van der Waals surface area contributed by atoms with Crippen molar-refractivity contribution in [2.24, 2.45) is 0 Å². The molecule has 1 aromatic carbocycles. The molecule has 1 aliphatic rings. The van der Waals surface area contributed by atoms with Crippen molar-refractivity contribution in [2.75, 3.05) is 32.8 Å². The average Bonchev–Trinajstić information content (AvgIpc) is 3.14. The fraction of sp³-hybridized carbons (Fsp3) is 0.389. The molecule has 28 heavy (non-hydrogen) atoms. The lowest BCUT2D eigenvalue weighted by molar-refractivity contribution is -0.141. The van der Waals surface area contributed by atoms with E-state index in [2.05, 4.69) is 4.98 Å². The zero-order chi connectivity index (χ0) is 20.3. The molecule has 2 heterocycles. The Kier molecular flexibility index (Phi) is 5.87. The third-order valence-corrected chi connectivity index (χ3v) is 5.30. The molecule has 0 unspecified atom stereocenters. The summed E-state index contributed by atoms with van der Waals surface area (Å²) in [5.41, 5.74) is -0.654. The van der Waals surface area contributed by atoms with Crippen LogP contribution < -0.4 is 0 Å². The molecule has 0 saturated carbocycles. The number of benzene rings is 1. The molecular formula is C18H18F3N3O3S. The first-order valence-electron chi connectivity index (χ1n) is 8.65. The van der Waals surface area contributed by atoms with Crippen molar-refractivity contribution in [3.05, 3.63) is 40.9 Å². The lowest BCUT2D eigenvalue weighted by atomic mass is 10.2. The summed E-state index contributed by atoms with van der Waals surface area (Å²) in [6, 6.07) is 8.42. The van der Waals surface area contributed by atoms with E-state index in [1.807, 2.05) is 0 Å². The molecule has 1 aromatic heterocycles. The van der Waals surface area contributed by atoms with E-state index >= 15 is 0 Å². The maximum Gasteiger partial charge on any atom is 0.435 e. The lowest BCUT2D eigenvalue weighted by Gasteiger charge is -2.33. The highest BCUT2D eigenvalue weighted by Gasteiger charge is 2.41. The van der Waals surface area contributed by atoms with Gasteiger partial charge in [0.1, 0.15) is 9.88 Å². The molecule has 0 radical (unpaired) electrons. The third-order valence-electron chi connectivity index (χ3n) is 4.20. The van der Waals surface area contributed by atoms with E-state index in [0.29, 0.717) is 5.56 Å². The summed E-state index contributed by atoms with van der Waals surface area (Å²) in [5.74, 6) is -0.726. The SMILES string of the molecule is CCOC(=O)N1CCN(C(=O)c2sc(-c3ccccc3)nc2C(F)(F)F)CC1. The van der Waals surface area contributed by atoms with E-state index in [1.54, 1.807) is 37.3 Å². The smallest absolute Gasteiger partial charge is 0.435 e. The zero-order valence-corrected chi connectivity index (χ0v) is 15.8. The number of amides is 2. The molecule has 2 amide bonds. The standard InChI is InChI=1S/C18H18F3N3O3S/c1-2-27-17(26)24-10-8-23(9-11-24)16(25)13-14(18(19,20)21)22-15(28-13)12-6-4-3-5-7-12/h3-7H,2,8-11H2,1H3.